The van der Waals surface area contributed by atoms with Crippen LogP contribution in [0.4, 0.5) is 0 Å². The lowest BCUT2D eigenvalue weighted by Gasteiger charge is -2.32. The molecule has 1 aliphatic rings. The molecule has 0 saturated carbocycles. The molecule has 3 aromatic rings. The molecular weight excluding hydrogens is 336 g/mol. The quantitative estimate of drug-likeness (QED) is 0.696. The van der Waals surface area contributed by atoms with Gasteiger partial charge in [-0.05, 0) is 51.2 Å². The number of nitrogens with zero attached hydrogens (tertiary/aromatic N) is 4. The minimum atomic E-state index is 0.0886. The number of hydrogen-bond acceptors (Lipinski definition) is 3. The van der Waals surface area contributed by atoms with Gasteiger partial charge in [-0.15, -0.1) is 0 Å². The van der Waals surface area contributed by atoms with Crippen molar-refractivity contribution >= 4 is 16.9 Å². The third kappa shape index (κ3) is 3.34. The van der Waals surface area contributed by atoms with Crippen LogP contribution in [0.3, 0.4) is 0 Å². The maximum absolute atomic E-state index is 13.1. The van der Waals surface area contributed by atoms with Crippen molar-refractivity contribution in [3.05, 3.63) is 59.4 Å². The lowest BCUT2D eigenvalue weighted by Crippen LogP contribution is -2.38. The third-order valence-electron chi connectivity index (χ3n) is 5.53. The second kappa shape index (κ2) is 7.14. The predicted octanol–water partition coefficient (Wildman–Crippen LogP) is 4.34. The summed E-state index contributed by atoms with van der Waals surface area (Å²) >= 11 is 0. The Bertz CT molecular complexity index is 953. The van der Waals surface area contributed by atoms with Crippen molar-refractivity contribution in [3.63, 3.8) is 0 Å². The predicted molar refractivity (Wildman–Crippen MR) is 107 cm³/mol. The Kier molecular flexibility index (Phi) is 4.68. The average Bonchev–Trinajstić information content (AvgIpc) is 3.10. The van der Waals surface area contributed by atoms with Gasteiger partial charge in [0.25, 0.3) is 5.91 Å². The number of hydrogen-bond donors (Lipinski definition) is 0. The van der Waals surface area contributed by atoms with Crippen LogP contribution >= 0.6 is 0 Å². The molecule has 0 bridgehead atoms. The number of aromatic nitrogens is 3. The normalized spacial score (nSPS) is 15.6. The van der Waals surface area contributed by atoms with Gasteiger partial charge in [-0.3, -0.25) is 4.79 Å². The average molecular weight is 362 g/mol. The number of pyridine rings is 1. The molecule has 27 heavy (non-hydrogen) atoms. The van der Waals surface area contributed by atoms with Gasteiger partial charge in [-0.2, -0.15) is 5.10 Å². The van der Waals surface area contributed by atoms with E-state index in [2.05, 4.69) is 54.3 Å². The highest BCUT2D eigenvalue weighted by atomic mass is 16.2. The molecule has 5 nitrogen and oxygen atoms in total. The minimum Gasteiger partial charge on any atom is -0.339 e. The van der Waals surface area contributed by atoms with Crippen molar-refractivity contribution in [2.75, 3.05) is 13.1 Å². The molecule has 4 rings (SSSR count). The number of likely N-dealkylation sites (tertiary alicyclic amines) is 1. The standard InChI is InChI=1S/C22H26N4O/c1-15(2)26-21-19(14-23-26)13-20(16(3)24-21)22(27)25-11-9-18(10-12-25)17-7-5-4-6-8-17/h4-8,13-15,18H,9-12H2,1-3H3. The summed E-state index contributed by atoms with van der Waals surface area (Å²) in [5, 5.41) is 5.35. The highest BCUT2D eigenvalue weighted by molar-refractivity contribution is 5.98. The number of piperidine rings is 1. The monoisotopic (exact) mass is 362 g/mol. The molecule has 1 saturated heterocycles. The molecule has 0 N–H and O–H groups in total. The minimum absolute atomic E-state index is 0.0886. The number of fused-ring (bicyclic) bond motifs is 1. The topological polar surface area (TPSA) is 51.0 Å². The van der Waals surface area contributed by atoms with Crippen LogP contribution in [0, 0.1) is 6.92 Å². The summed E-state index contributed by atoms with van der Waals surface area (Å²) in [6.07, 6.45) is 3.83. The van der Waals surface area contributed by atoms with E-state index in [4.69, 9.17) is 0 Å². The molecule has 0 radical (unpaired) electrons. The first kappa shape index (κ1) is 17.7. The number of amides is 1. The molecule has 0 aliphatic carbocycles. The SMILES string of the molecule is Cc1nc2c(cnn2C(C)C)cc1C(=O)N1CCC(c2ccccc2)CC1. The summed E-state index contributed by atoms with van der Waals surface area (Å²) in [5.74, 6) is 0.631. The van der Waals surface area contributed by atoms with Crippen molar-refractivity contribution in [3.8, 4) is 0 Å². The van der Waals surface area contributed by atoms with Gasteiger partial charge >= 0.3 is 0 Å². The molecule has 1 aromatic carbocycles. The van der Waals surface area contributed by atoms with E-state index in [1.807, 2.05) is 22.6 Å². The largest absolute Gasteiger partial charge is 0.339 e. The van der Waals surface area contributed by atoms with Crippen LogP contribution in [0.5, 0.6) is 0 Å². The zero-order valence-electron chi connectivity index (χ0n) is 16.2. The van der Waals surface area contributed by atoms with Gasteiger partial charge in [-0.25, -0.2) is 9.67 Å². The Hall–Kier alpha value is -2.69. The third-order valence-corrected chi connectivity index (χ3v) is 5.53. The Balaban J connectivity index is 1.52. The molecule has 1 fully saturated rings. The van der Waals surface area contributed by atoms with E-state index in [-0.39, 0.29) is 11.9 Å². The van der Waals surface area contributed by atoms with E-state index in [9.17, 15) is 4.79 Å². The molecule has 5 heteroatoms. The second-order valence-corrected chi connectivity index (χ2v) is 7.69. The molecule has 1 aliphatic heterocycles. The molecule has 2 aromatic heterocycles. The van der Waals surface area contributed by atoms with E-state index < -0.39 is 0 Å². The summed E-state index contributed by atoms with van der Waals surface area (Å²) in [4.78, 5) is 19.8. The van der Waals surface area contributed by atoms with Gasteiger partial charge in [-0.1, -0.05) is 30.3 Å². The number of carbonyl (C=O) groups is 1. The number of carbonyl (C=O) groups excluding carboxylic acids is 1. The molecule has 1 amide bonds. The molecule has 140 valence electrons. The first-order chi connectivity index (χ1) is 13.0. The Morgan fingerprint density at radius 3 is 2.52 bits per heavy atom. The lowest BCUT2D eigenvalue weighted by atomic mass is 9.89. The van der Waals surface area contributed by atoms with Gasteiger partial charge in [0.1, 0.15) is 0 Å². The zero-order valence-corrected chi connectivity index (χ0v) is 16.2. The Morgan fingerprint density at radius 2 is 1.85 bits per heavy atom. The molecular formula is C22H26N4O. The van der Waals surface area contributed by atoms with Crippen LogP contribution < -0.4 is 0 Å². The highest BCUT2D eigenvalue weighted by Gasteiger charge is 2.26. The number of benzene rings is 1. The summed E-state index contributed by atoms with van der Waals surface area (Å²) in [5.41, 5.74) is 3.70. The Labute approximate surface area is 160 Å². The van der Waals surface area contributed by atoms with Crippen molar-refractivity contribution in [2.24, 2.45) is 0 Å². The molecule has 3 heterocycles. The van der Waals surface area contributed by atoms with Gasteiger partial charge in [0.05, 0.1) is 17.5 Å². The van der Waals surface area contributed by atoms with E-state index >= 15 is 0 Å². The maximum Gasteiger partial charge on any atom is 0.255 e. The zero-order chi connectivity index (χ0) is 19.0. The number of aryl methyl sites for hydroxylation is 1. The van der Waals surface area contributed by atoms with Crippen molar-refractivity contribution < 1.29 is 4.79 Å². The van der Waals surface area contributed by atoms with Crippen LogP contribution in [-0.2, 0) is 0 Å². The first-order valence-corrected chi connectivity index (χ1v) is 9.73. The van der Waals surface area contributed by atoms with Crippen LogP contribution in [0.1, 0.15) is 60.3 Å². The van der Waals surface area contributed by atoms with Crippen LogP contribution in [-0.4, -0.2) is 38.7 Å². The maximum atomic E-state index is 13.1. The van der Waals surface area contributed by atoms with E-state index in [0.717, 1.165) is 42.7 Å². The molecule has 0 spiro atoms. The van der Waals surface area contributed by atoms with Crippen LogP contribution in [0.2, 0.25) is 0 Å². The summed E-state index contributed by atoms with van der Waals surface area (Å²) in [6, 6.07) is 12.8. The fourth-order valence-electron chi connectivity index (χ4n) is 3.97. The Morgan fingerprint density at radius 1 is 1.15 bits per heavy atom. The smallest absolute Gasteiger partial charge is 0.255 e. The van der Waals surface area contributed by atoms with Gasteiger partial charge < -0.3 is 4.90 Å². The van der Waals surface area contributed by atoms with Crippen molar-refractivity contribution in [1.29, 1.82) is 0 Å². The fraction of sp³-hybridized carbons (Fsp3) is 0.409. The summed E-state index contributed by atoms with van der Waals surface area (Å²) in [6.45, 7) is 7.67. The van der Waals surface area contributed by atoms with Crippen molar-refractivity contribution in [2.45, 2.75) is 45.6 Å². The highest BCUT2D eigenvalue weighted by Crippen LogP contribution is 2.29. The molecule has 0 unspecified atom stereocenters. The van der Waals surface area contributed by atoms with E-state index in [0.29, 0.717) is 11.5 Å². The van der Waals surface area contributed by atoms with Gasteiger partial charge in [0.2, 0.25) is 0 Å². The van der Waals surface area contributed by atoms with Crippen LogP contribution in [0.25, 0.3) is 11.0 Å². The van der Waals surface area contributed by atoms with Gasteiger partial charge in [0, 0.05) is 24.5 Å². The molecule has 0 atom stereocenters. The lowest BCUT2D eigenvalue weighted by molar-refractivity contribution is 0.0712. The number of rotatable bonds is 3. The van der Waals surface area contributed by atoms with Crippen molar-refractivity contribution in [1.82, 2.24) is 19.7 Å². The summed E-state index contributed by atoms with van der Waals surface area (Å²) in [7, 11) is 0. The first-order valence-electron chi connectivity index (χ1n) is 9.73. The second-order valence-electron chi connectivity index (χ2n) is 7.69. The van der Waals surface area contributed by atoms with E-state index in [1.54, 1.807) is 6.20 Å². The van der Waals surface area contributed by atoms with Crippen LogP contribution in [0.15, 0.2) is 42.6 Å². The van der Waals surface area contributed by atoms with Gasteiger partial charge in [0.15, 0.2) is 5.65 Å². The summed E-state index contributed by atoms with van der Waals surface area (Å²) < 4.78 is 1.90. The fourth-order valence-corrected chi connectivity index (χ4v) is 3.97. The van der Waals surface area contributed by atoms with E-state index in [1.165, 1.54) is 5.56 Å².